The van der Waals surface area contributed by atoms with Crippen LogP contribution in [0.2, 0.25) is 0 Å². The van der Waals surface area contributed by atoms with Gasteiger partial charge in [0.1, 0.15) is 11.6 Å². The number of thiazole rings is 1. The van der Waals surface area contributed by atoms with E-state index < -0.39 is 15.7 Å². The number of hydrogen-bond acceptors (Lipinski definition) is 8. The van der Waals surface area contributed by atoms with Crippen molar-refractivity contribution in [1.29, 1.82) is 5.26 Å². The topological polar surface area (TPSA) is 118 Å². The summed E-state index contributed by atoms with van der Waals surface area (Å²) in [5, 5.41) is 12.3. The second-order valence-electron chi connectivity index (χ2n) is 6.16. The van der Waals surface area contributed by atoms with Crippen molar-refractivity contribution >= 4 is 48.5 Å². The lowest BCUT2D eigenvalue weighted by atomic mass is 10.1. The van der Waals surface area contributed by atoms with Crippen LogP contribution in [0.5, 0.6) is 11.5 Å². The molecule has 10 heteroatoms. The maximum atomic E-state index is 12.5. The number of ether oxygens (including phenoxy) is 2. The van der Waals surface area contributed by atoms with Gasteiger partial charge >= 0.3 is 0 Å². The zero-order chi connectivity index (χ0) is 21.9. The number of hydrogen-bond donors (Lipinski definition) is 1. The van der Waals surface area contributed by atoms with Gasteiger partial charge in [-0.2, -0.15) is 5.26 Å². The van der Waals surface area contributed by atoms with Gasteiger partial charge in [0, 0.05) is 6.26 Å². The van der Waals surface area contributed by atoms with E-state index in [4.69, 9.17) is 9.47 Å². The Bertz CT molecular complexity index is 1300. The van der Waals surface area contributed by atoms with Crippen LogP contribution in [-0.2, 0) is 14.6 Å². The van der Waals surface area contributed by atoms with E-state index in [0.717, 1.165) is 17.6 Å². The first-order valence-corrected chi connectivity index (χ1v) is 11.2. The van der Waals surface area contributed by atoms with Crippen LogP contribution in [0.15, 0.2) is 46.9 Å². The number of rotatable bonds is 6. The van der Waals surface area contributed by atoms with Gasteiger partial charge in [-0.15, -0.1) is 0 Å². The summed E-state index contributed by atoms with van der Waals surface area (Å²) >= 11 is 1.12. The summed E-state index contributed by atoms with van der Waals surface area (Å²) in [6.45, 7) is 0. The van der Waals surface area contributed by atoms with Gasteiger partial charge in [-0.25, -0.2) is 13.4 Å². The standard InChI is InChI=1S/C20H17N3O5S2/c1-27-16-7-4-12(9-17(16)28-2)8-13(11-21)19(24)23-20-22-15-6-5-14(30(3,25)26)10-18(15)29-20/h4-10H,1-3H3,(H,22,23,24)/b13-8+. The molecule has 0 bridgehead atoms. The molecule has 0 aliphatic heterocycles. The summed E-state index contributed by atoms with van der Waals surface area (Å²) < 4.78 is 34.4. The van der Waals surface area contributed by atoms with E-state index in [1.165, 1.54) is 32.4 Å². The fourth-order valence-corrected chi connectivity index (χ4v) is 4.23. The number of methoxy groups -OCH3 is 2. The van der Waals surface area contributed by atoms with Gasteiger partial charge in [-0.3, -0.25) is 10.1 Å². The molecule has 8 nitrogen and oxygen atoms in total. The number of nitriles is 1. The third-order valence-electron chi connectivity index (χ3n) is 4.09. The molecule has 3 aromatic rings. The number of nitrogens with one attached hydrogen (secondary N) is 1. The molecule has 0 radical (unpaired) electrons. The molecule has 0 aliphatic carbocycles. The monoisotopic (exact) mass is 443 g/mol. The number of sulfone groups is 1. The van der Waals surface area contributed by atoms with Gasteiger partial charge in [-0.1, -0.05) is 17.4 Å². The SMILES string of the molecule is COc1ccc(/C=C(\C#N)C(=O)Nc2nc3ccc(S(C)(=O)=O)cc3s2)cc1OC. The Morgan fingerprint density at radius 3 is 2.53 bits per heavy atom. The van der Waals surface area contributed by atoms with Crippen LogP contribution >= 0.6 is 11.3 Å². The fraction of sp³-hybridized carbons (Fsp3) is 0.150. The van der Waals surface area contributed by atoms with E-state index in [2.05, 4.69) is 10.3 Å². The van der Waals surface area contributed by atoms with E-state index in [0.29, 0.717) is 27.3 Å². The van der Waals surface area contributed by atoms with E-state index in [1.54, 1.807) is 24.3 Å². The number of benzene rings is 2. The number of nitrogens with zero attached hydrogens (tertiary/aromatic N) is 2. The van der Waals surface area contributed by atoms with Crippen LogP contribution in [0.1, 0.15) is 5.56 Å². The highest BCUT2D eigenvalue weighted by Crippen LogP contribution is 2.30. The molecular formula is C20H17N3O5S2. The summed E-state index contributed by atoms with van der Waals surface area (Å²) in [7, 11) is -0.347. The lowest BCUT2D eigenvalue weighted by molar-refractivity contribution is -0.112. The van der Waals surface area contributed by atoms with E-state index >= 15 is 0 Å². The Labute approximate surface area is 177 Å². The van der Waals surface area contributed by atoms with Gasteiger partial charge in [0.05, 0.1) is 29.3 Å². The van der Waals surface area contributed by atoms with Crippen LogP contribution in [0, 0.1) is 11.3 Å². The molecule has 1 heterocycles. The lowest BCUT2D eigenvalue weighted by Crippen LogP contribution is -2.13. The van der Waals surface area contributed by atoms with Gasteiger partial charge < -0.3 is 9.47 Å². The smallest absolute Gasteiger partial charge is 0.268 e. The Balaban J connectivity index is 1.86. The molecule has 0 fully saturated rings. The van der Waals surface area contributed by atoms with Crippen LogP contribution < -0.4 is 14.8 Å². The number of amides is 1. The second-order valence-corrected chi connectivity index (χ2v) is 9.21. The Hall–Kier alpha value is -3.42. The van der Waals surface area contributed by atoms with Crippen molar-refractivity contribution in [1.82, 2.24) is 4.98 Å². The summed E-state index contributed by atoms with van der Waals surface area (Å²) in [6.07, 6.45) is 2.54. The largest absolute Gasteiger partial charge is 0.493 e. The number of anilines is 1. The highest BCUT2D eigenvalue weighted by Gasteiger charge is 2.15. The molecule has 3 rings (SSSR count). The number of aromatic nitrogens is 1. The summed E-state index contributed by atoms with van der Waals surface area (Å²) in [5.41, 5.74) is 1.00. The molecule has 1 amide bonds. The third-order valence-corrected chi connectivity index (χ3v) is 6.14. The first-order chi connectivity index (χ1) is 14.2. The predicted octanol–water partition coefficient (Wildman–Crippen LogP) is 3.26. The van der Waals surface area contributed by atoms with E-state index in [9.17, 15) is 18.5 Å². The number of carbonyl (C=O) groups excluding carboxylic acids is 1. The summed E-state index contributed by atoms with van der Waals surface area (Å²) in [5.74, 6) is 0.368. The minimum absolute atomic E-state index is 0.127. The van der Waals surface area contributed by atoms with E-state index in [-0.39, 0.29) is 15.6 Å². The number of fused-ring (bicyclic) bond motifs is 1. The molecule has 1 N–H and O–H groups in total. The van der Waals surface area contributed by atoms with Gasteiger partial charge in [0.2, 0.25) is 0 Å². The van der Waals surface area contributed by atoms with E-state index in [1.807, 2.05) is 6.07 Å². The predicted molar refractivity (Wildman–Crippen MR) is 114 cm³/mol. The van der Waals surface area contributed by atoms with Crippen molar-refractivity contribution < 1.29 is 22.7 Å². The quantitative estimate of drug-likeness (QED) is 0.459. The molecule has 154 valence electrons. The molecule has 0 atom stereocenters. The molecule has 2 aromatic carbocycles. The third kappa shape index (κ3) is 4.59. The zero-order valence-corrected chi connectivity index (χ0v) is 17.9. The van der Waals surface area contributed by atoms with Crippen LogP contribution in [-0.4, -0.2) is 39.8 Å². The first-order valence-electron chi connectivity index (χ1n) is 8.51. The zero-order valence-electron chi connectivity index (χ0n) is 16.3. The highest BCUT2D eigenvalue weighted by atomic mass is 32.2. The summed E-state index contributed by atoms with van der Waals surface area (Å²) in [4.78, 5) is 17.0. The Morgan fingerprint density at radius 2 is 1.90 bits per heavy atom. The molecule has 0 spiro atoms. The first kappa shape index (κ1) is 21.3. The lowest BCUT2D eigenvalue weighted by Gasteiger charge is -2.08. The van der Waals surface area contributed by atoms with Crippen molar-refractivity contribution in [3.05, 3.63) is 47.5 Å². The molecule has 1 aromatic heterocycles. The van der Waals surface area contributed by atoms with Gasteiger partial charge in [-0.05, 0) is 42.0 Å². The average Bonchev–Trinajstić information content (AvgIpc) is 3.12. The van der Waals surface area contributed by atoms with Gasteiger partial charge in [0.25, 0.3) is 5.91 Å². The molecule has 30 heavy (non-hydrogen) atoms. The van der Waals surface area contributed by atoms with Crippen molar-refractivity contribution in [3.63, 3.8) is 0 Å². The minimum atomic E-state index is -3.35. The molecule has 0 saturated heterocycles. The fourth-order valence-electron chi connectivity index (χ4n) is 2.61. The van der Waals surface area contributed by atoms with Gasteiger partial charge in [0.15, 0.2) is 26.5 Å². The van der Waals surface area contributed by atoms with Crippen molar-refractivity contribution in [2.24, 2.45) is 0 Å². The maximum absolute atomic E-state index is 12.5. The Morgan fingerprint density at radius 1 is 1.17 bits per heavy atom. The minimum Gasteiger partial charge on any atom is -0.493 e. The van der Waals surface area contributed by atoms with Crippen LogP contribution in [0.3, 0.4) is 0 Å². The maximum Gasteiger partial charge on any atom is 0.268 e. The highest BCUT2D eigenvalue weighted by molar-refractivity contribution is 7.90. The molecule has 0 unspecified atom stereocenters. The molecule has 0 aliphatic rings. The van der Waals surface area contributed by atoms with Crippen molar-refractivity contribution in [2.45, 2.75) is 4.90 Å². The molecular weight excluding hydrogens is 426 g/mol. The Kier molecular flexibility index (Phi) is 6.05. The van der Waals surface area contributed by atoms with Crippen molar-refractivity contribution in [2.75, 3.05) is 25.8 Å². The normalized spacial score (nSPS) is 11.7. The number of carbonyl (C=O) groups is 1. The van der Waals surface area contributed by atoms with Crippen molar-refractivity contribution in [3.8, 4) is 17.6 Å². The average molecular weight is 444 g/mol. The molecule has 0 saturated carbocycles. The van der Waals surface area contributed by atoms with Crippen LogP contribution in [0.25, 0.3) is 16.3 Å². The summed E-state index contributed by atoms with van der Waals surface area (Å²) in [6, 6.07) is 11.4. The second kappa shape index (κ2) is 8.52. The van der Waals surface area contributed by atoms with Crippen LogP contribution in [0.4, 0.5) is 5.13 Å².